The molecule has 1 unspecified atom stereocenters. The van der Waals surface area contributed by atoms with Crippen LogP contribution in [-0.4, -0.2) is 53.1 Å². The molecule has 4 atom stereocenters. The van der Waals surface area contributed by atoms with Crippen molar-refractivity contribution in [1.82, 2.24) is 5.32 Å². The van der Waals surface area contributed by atoms with Crippen molar-refractivity contribution in [2.45, 2.75) is 51.5 Å². The van der Waals surface area contributed by atoms with Crippen LogP contribution >= 0.6 is 0 Å². The van der Waals surface area contributed by atoms with Gasteiger partial charge in [-0.25, -0.2) is 4.79 Å². The normalized spacial score (nSPS) is 33.2. The Balaban J connectivity index is 2.93. The molecule has 0 aromatic heterocycles. The summed E-state index contributed by atoms with van der Waals surface area (Å²) in [7, 11) is 0. The minimum atomic E-state index is -1.20. The van der Waals surface area contributed by atoms with Crippen LogP contribution in [0.15, 0.2) is 24.3 Å². The molecule has 2 N–H and O–H groups in total. The first-order valence-electron chi connectivity index (χ1n) is 7.47. The van der Waals surface area contributed by atoms with E-state index in [1.165, 1.54) is 19.9 Å². The van der Waals surface area contributed by atoms with Crippen molar-refractivity contribution in [2.24, 2.45) is 0 Å². The minimum Gasteiger partial charge on any atom is -0.456 e. The molecule has 0 saturated heterocycles. The van der Waals surface area contributed by atoms with Crippen molar-refractivity contribution in [1.29, 1.82) is 0 Å². The Morgan fingerprint density at radius 2 is 1.71 bits per heavy atom. The van der Waals surface area contributed by atoms with Gasteiger partial charge in [0.25, 0.3) is 0 Å². The average Bonchev–Trinajstić information content (AvgIpc) is 2.48. The molecule has 0 spiro atoms. The standard InChI is InChI=1S/C16H21NO7/c1-9-8-16(22)24-11(3)13(19)5-7-15(21)23-10(2)12(18)4-6-14(20)17-9/h4-7,9-12,18H,8H2,1-3H3,(H,17,20)/b6-4+,7-5+/t9?,10-,11-,12+/m0/s1. The predicted octanol–water partition coefficient (Wildman–Crippen LogP) is -0.199. The summed E-state index contributed by atoms with van der Waals surface area (Å²) in [6, 6.07) is -0.521. The fourth-order valence-electron chi connectivity index (χ4n) is 1.82. The van der Waals surface area contributed by atoms with Gasteiger partial charge in [-0.2, -0.15) is 0 Å². The number of ether oxygens (including phenoxy) is 2. The molecule has 24 heavy (non-hydrogen) atoms. The Kier molecular flexibility index (Phi) is 7.31. The Morgan fingerprint density at radius 1 is 1.04 bits per heavy atom. The topological polar surface area (TPSA) is 119 Å². The van der Waals surface area contributed by atoms with E-state index in [9.17, 15) is 24.3 Å². The molecule has 0 aromatic rings. The Labute approximate surface area is 139 Å². The zero-order valence-electron chi connectivity index (χ0n) is 13.7. The summed E-state index contributed by atoms with van der Waals surface area (Å²) in [6.45, 7) is 4.41. The third kappa shape index (κ3) is 6.74. The maximum atomic E-state index is 11.8. The molecular formula is C16H21NO7. The van der Waals surface area contributed by atoms with Crippen molar-refractivity contribution in [3.8, 4) is 0 Å². The van der Waals surface area contributed by atoms with Crippen LogP contribution in [0, 0.1) is 0 Å². The largest absolute Gasteiger partial charge is 0.456 e. The quantitative estimate of drug-likeness (QED) is 0.587. The number of aliphatic hydroxyl groups is 1. The number of aliphatic hydroxyl groups excluding tert-OH is 1. The van der Waals surface area contributed by atoms with E-state index >= 15 is 0 Å². The summed E-state index contributed by atoms with van der Waals surface area (Å²) >= 11 is 0. The van der Waals surface area contributed by atoms with Crippen LogP contribution in [0.1, 0.15) is 27.2 Å². The molecule has 1 amide bonds. The Hall–Kier alpha value is -2.48. The highest BCUT2D eigenvalue weighted by Gasteiger charge is 2.20. The van der Waals surface area contributed by atoms with Crippen LogP contribution in [-0.2, 0) is 28.7 Å². The van der Waals surface area contributed by atoms with Crippen molar-refractivity contribution >= 4 is 23.6 Å². The highest BCUT2D eigenvalue weighted by molar-refractivity contribution is 5.99. The second-order valence-corrected chi connectivity index (χ2v) is 5.47. The first-order chi connectivity index (χ1) is 11.2. The fourth-order valence-corrected chi connectivity index (χ4v) is 1.82. The van der Waals surface area contributed by atoms with Gasteiger partial charge in [-0.15, -0.1) is 0 Å². The highest BCUT2D eigenvalue weighted by Crippen LogP contribution is 2.05. The molecular weight excluding hydrogens is 318 g/mol. The number of carbonyl (C=O) groups excluding carboxylic acids is 4. The van der Waals surface area contributed by atoms with Gasteiger partial charge in [-0.05, 0) is 32.9 Å². The molecule has 1 rings (SSSR count). The van der Waals surface area contributed by atoms with Crippen LogP contribution in [0.3, 0.4) is 0 Å². The van der Waals surface area contributed by atoms with E-state index in [0.717, 1.165) is 18.2 Å². The number of carbonyl (C=O) groups is 4. The van der Waals surface area contributed by atoms with Crippen molar-refractivity contribution < 1.29 is 33.8 Å². The van der Waals surface area contributed by atoms with E-state index in [1.807, 2.05) is 0 Å². The molecule has 0 saturated carbocycles. The van der Waals surface area contributed by atoms with E-state index in [4.69, 9.17) is 9.47 Å². The zero-order valence-corrected chi connectivity index (χ0v) is 13.7. The molecule has 0 radical (unpaired) electrons. The van der Waals surface area contributed by atoms with E-state index in [0.29, 0.717) is 0 Å². The molecule has 1 aliphatic rings. The summed E-state index contributed by atoms with van der Waals surface area (Å²) in [5.41, 5.74) is 0. The van der Waals surface area contributed by atoms with E-state index < -0.39 is 48.0 Å². The Morgan fingerprint density at radius 3 is 2.38 bits per heavy atom. The highest BCUT2D eigenvalue weighted by atomic mass is 16.6. The summed E-state index contributed by atoms with van der Waals surface area (Å²) in [6.07, 6.45) is 0.791. The van der Waals surface area contributed by atoms with Gasteiger partial charge in [-0.1, -0.05) is 0 Å². The van der Waals surface area contributed by atoms with Crippen LogP contribution in [0.25, 0.3) is 0 Å². The maximum absolute atomic E-state index is 11.8. The summed E-state index contributed by atoms with van der Waals surface area (Å²) in [5, 5.41) is 12.3. The number of nitrogens with one attached hydrogen (secondary N) is 1. The number of cyclic esters (lactones) is 2. The van der Waals surface area contributed by atoms with Gasteiger partial charge < -0.3 is 19.9 Å². The molecule has 8 nitrogen and oxygen atoms in total. The lowest BCUT2D eigenvalue weighted by molar-refractivity contribution is -0.153. The number of ketones is 1. The summed E-state index contributed by atoms with van der Waals surface area (Å²) in [5.74, 6) is -2.61. The number of esters is 2. The minimum absolute atomic E-state index is 0.123. The second kappa shape index (κ2) is 8.97. The lowest BCUT2D eigenvalue weighted by atomic mass is 10.2. The van der Waals surface area contributed by atoms with Gasteiger partial charge >= 0.3 is 11.9 Å². The fraction of sp³-hybridized carbons (Fsp3) is 0.500. The third-order valence-corrected chi connectivity index (χ3v) is 3.18. The monoisotopic (exact) mass is 339 g/mol. The number of amides is 1. The average molecular weight is 339 g/mol. The zero-order chi connectivity index (χ0) is 18.3. The van der Waals surface area contributed by atoms with Crippen molar-refractivity contribution in [3.05, 3.63) is 24.3 Å². The van der Waals surface area contributed by atoms with Gasteiger partial charge in [0.2, 0.25) is 5.91 Å². The van der Waals surface area contributed by atoms with Crippen LogP contribution in [0.5, 0.6) is 0 Å². The third-order valence-electron chi connectivity index (χ3n) is 3.18. The van der Waals surface area contributed by atoms with E-state index in [-0.39, 0.29) is 6.42 Å². The summed E-state index contributed by atoms with van der Waals surface area (Å²) in [4.78, 5) is 46.7. The first kappa shape index (κ1) is 19.6. The number of hydrogen-bond donors (Lipinski definition) is 2. The number of rotatable bonds is 0. The molecule has 0 aromatic carbocycles. The number of hydrogen-bond acceptors (Lipinski definition) is 7. The molecule has 0 fully saturated rings. The first-order valence-corrected chi connectivity index (χ1v) is 7.47. The Bertz CT molecular complexity index is 567. The van der Waals surface area contributed by atoms with Crippen LogP contribution in [0.4, 0.5) is 0 Å². The molecule has 1 heterocycles. The lowest BCUT2D eigenvalue weighted by Crippen LogP contribution is -2.35. The van der Waals surface area contributed by atoms with E-state index in [2.05, 4.69) is 5.32 Å². The lowest BCUT2D eigenvalue weighted by Gasteiger charge is -2.17. The van der Waals surface area contributed by atoms with Gasteiger partial charge in [0.1, 0.15) is 12.2 Å². The predicted molar refractivity (Wildman–Crippen MR) is 82.6 cm³/mol. The maximum Gasteiger partial charge on any atom is 0.331 e. The van der Waals surface area contributed by atoms with Crippen molar-refractivity contribution in [3.63, 3.8) is 0 Å². The van der Waals surface area contributed by atoms with Gasteiger partial charge in [-0.3, -0.25) is 14.4 Å². The molecule has 132 valence electrons. The van der Waals surface area contributed by atoms with Gasteiger partial charge in [0.15, 0.2) is 11.9 Å². The van der Waals surface area contributed by atoms with Gasteiger partial charge in [0.05, 0.1) is 6.42 Å². The second-order valence-electron chi connectivity index (χ2n) is 5.47. The molecule has 8 heteroatoms. The van der Waals surface area contributed by atoms with Crippen LogP contribution < -0.4 is 5.32 Å². The molecule has 0 aliphatic carbocycles. The SMILES string of the molecule is CC1CC(=O)O[C@@H](C)C(=O)/C=C/C(=O)O[C@@H](C)[C@H](O)/C=C/C(=O)N1. The molecule has 1 aliphatic heterocycles. The molecule has 0 bridgehead atoms. The summed E-state index contributed by atoms with van der Waals surface area (Å²) < 4.78 is 9.85. The smallest absolute Gasteiger partial charge is 0.331 e. The van der Waals surface area contributed by atoms with Crippen molar-refractivity contribution in [2.75, 3.05) is 0 Å². The van der Waals surface area contributed by atoms with Crippen LogP contribution in [0.2, 0.25) is 0 Å². The van der Waals surface area contributed by atoms with Gasteiger partial charge in [0, 0.05) is 18.2 Å². The van der Waals surface area contributed by atoms with E-state index in [1.54, 1.807) is 6.92 Å².